The summed E-state index contributed by atoms with van der Waals surface area (Å²) in [5.74, 6) is 0.315. The first-order chi connectivity index (χ1) is 17.1. The monoisotopic (exact) mass is 508 g/mol. The molecule has 2 heterocycles. The zero-order valence-electron chi connectivity index (χ0n) is 20.5. The van der Waals surface area contributed by atoms with Gasteiger partial charge in [-0.25, -0.2) is 0 Å². The minimum absolute atomic E-state index is 0. The Hall–Kier alpha value is -3.42. The van der Waals surface area contributed by atoms with E-state index in [2.05, 4.69) is 27.3 Å². The van der Waals surface area contributed by atoms with Crippen molar-refractivity contribution < 1.29 is 14.3 Å². The summed E-state index contributed by atoms with van der Waals surface area (Å²) in [7, 11) is 1.58. The molecule has 2 aromatic carbocycles. The van der Waals surface area contributed by atoms with Crippen molar-refractivity contribution in [3.8, 4) is 5.75 Å². The second-order valence-electron chi connectivity index (χ2n) is 8.67. The zero-order valence-corrected chi connectivity index (χ0v) is 21.3. The van der Waals surface area contributed by atoms with Gasteiger partial charge in [0.1, 0.15) is 11.8 Å². The number of methoxy groups -OCH3 is 1. The normalized spacial score (nSPS) is 14.4. The number of amides is 2. The molecule has 0 spiro atoms. The number of piperazine rings is 1. The van der Waals surface area contributed by atoms with Crippen LogP contribution in [0.3, 0.4) is 0 Å². The number of nitrogens with zero attached hydrogens (tertiary/aromatic N) is 3. The molecule has 0 unspecified atom stereocenters. The largest absolute Gasteiger partial charge is 0.497 e. The second kappa shape index (κ2) is 13.6. The third-order valence-electron chi connectivity index (χ3n) is 6.38. The van der Waals surface area contributed by atoms with Crippen molar-refractivity contribution in [2.45, 2.75) is 18.9 Å². The molecule has 1 fully saturated rings. The summed E-state index contributed by atoms with van der Waals surface area (Å²) >= 11 is 0. The van der Waals surface area contributed by atoms with Gasteiger partial charge in [-0.1, -0.05) is 30.3 Å². The Bertz CT molecular complexity index is 1090. The topological polar surface area (TPSA) is 74.8 Å². The summed E-state index contributed by atoms with van der Waals surface area (Å²) < 4.78 is 5.17. The van der Waals surface area contributed by atoms with Crippen LogP contribution in [-0.4, -0.2) is 66.4 Å². The summed E-state index contributed by atoms with van der Waals surface area (Å²) in [5.41, 5.74) is 2.56. The minimum Gasteiger partial charge on any atom is -0.497 e. The number of benzene rings is 2. The molecule has 2 amide bonds. The lowest BCUT2D eigenvalue weighted by molar-refractivity contribution is -0.135. The lowest BCUT2D eigenvalue weighted by atomic mass is 10.0. The summed E-state index contributed by atoms with van der Waals surface area (Å²) in [4.78, 5) is 34.8. The van der Waals surface area contributed by atoms with E-state index in [1.54, 1.807) is 31.4 Å². The third-order valence-corrected chi connectivity index (χ3v) is 6.38. The van der Waals surface area contributed by atoms with E-state index in [1.807, 2.05) is 47.6 Å². The van der Waals surface area contributed by atoms with E-state index < -0.39 is 6.04 Å². The maximum atomic E-state index is 13.5. The molecule has 0 radical (unpaired) electrons. The Balaban J connectivity index is 0.00000361. The van der Waals surface area contributed by atoms with Crippen LogP contribution in [0.1, 0.15) is 33.9 Å². The number of halogens is 1. The maximum absolute atomic E-state index is 13.5. The highest BCUT2D eigenvalue weighted by molar-refractivity contribution is 5.98. The van der Waals surface area contributed by atoms with Crippen LogP contribution in [0, 0.1) is 0 Å². The predicted molar refractivity (Wildman–Crippen MR) is 142 cm³/mol. The molecule has 36 heavy (non-hydrogen) atoms. The fourth-order valence-corrected chi connectivity index (χ4v) is 4.32. The van der Waals surface area contributed by atoms with E-state index in [0.717, 1.165) is 38.0 Å². The van der Waals surface area contributed by atoms with Gasteiger partial charge in [-0.15, -0.1) is 12.4 Å². The number of nitrogens with one attached hydrogen (secondary N) is 1. The van der Waals surface area contributed by atoms with E-state index in [0.29, 0.717) is 24.4 Å². The first-order valence-electron chi connectivity index (χ1n) is 12.0. The van der Waals surface area contributed by atoms with Gasteiger partial charge in [-0.2, -0.15) is 0 Å². The third kappa shape index (κ3) is 7.29. The number of carbonyl (C=O) groups excluding carboxylic acids is 2. The summed E-state index contributed by atoms with van der Waals surface area (Å²) in [6.45, 7) is 3.96. The molecule has 0 bridgehead atoms. The summed E-state index contributed by atoms with van der Waals surface area (Å²) in [6.07, 6.45) is 5.75. The number of hydrogen-bond acceptors (Lipinski definition) is 5. The smallest absolute Gasteiger partial charge is 0.252 e. The van der Waals surface area contributed by atoms with Crippen LogP contribution in [0.4, 0.5) is 0 Å². The highest BCUT2D eigenvalue weighted by Gasteiger charge is 2.30. The quantitative estimate of drug-likeness (QED) is 0.476. The van der Waals surface area contributed by atoms with Crippen molar-refractivity contribution >= 4 is 24.2 Å². The van der Waals surface area contributed by atoms with Gasteiger partial charge in [0.15, 0.2) is 0 Å². The Morgan fingerprint density at radius 3 is 2.25 bits per heavy atom. The average Bonchev–Trinajstić information content (AvgIpc) is 2.93. The van der Waals surface area contributed by atoms with Crippen molar-refractivity contribution in [3.63, 3.8) is 0 Å². The number of aryl methyl sites for hydroxylation is 1. The van der Waals surface area contributed by atoms with Crippen LogP contribution in [0.2, 0.25) is 0 Å². The number of carbonyl (C=O) groups is 2. The van der Waals surface area contributed by atoms with Crippen LogP contribution in [0.5, 0.6) is 5.75 Å². The van der Waals surface area contributed by atoms with Gasteiger partial charge in [-0.3, -0.25) is 19.5 Å². The molecule has 0 saturated carbocycles. The van der Waals surface area contributed by atoms with E-state index in [9.17, 15) is 9.59 Å². The van der Waals surface area contributed by atoms with Gasteiger partial charge in [0.05, 0.1) is 7.11 Å². The van der Waals surface area contributed by atoms with Gasteiger partial charge < -0.3 is 15.0 Å². The first kappa shape index (κ1) is 27.2. The average molecular weight is 509 g/mol. The fraction of sp³-hybridized carbons (Fsp3) is 0.321. The molecule has 1 aromatic heterocycles. The lowest BCUT2D eigenvalue weighted by Gasteiger charge is -2.36. The molecule has 1 saturated heterocycles. The molecular formula is C28H33ClN4O3. The van der Waals surface area contributed by atoms with E-state index in [1.165, 1.54) is 5.56 Å². The highest BCUT2D eigenvalue weighted by Crippen LogP contribution is 2.19. The molecule has 7 nitrogen and oxygen atoms in total. The molecule has 190 valence electrons. The van der Waals surface area contributed by atoms with E-state index in [-0.39, 0.29) is 24.2 Å². The van der Waals surface area contributed by atoms with Crippen LogP contribution in [0.15, 0.2) is 79.1 Å². The van der Waals surface area contributed by atoms with Crippen molar-refractivity contribution in [3.05, 3.63) is 95.8 Å². The van der Waals surface area contributed by atoms with Gasteiger partial charge in [0, 0.05) is 44.1 Å². The SMILES string of the molecule is COc1ccc(C(=O)N[C@@H](C(=O)N2CCN(CCCc3ccncc3)CC2)c2ccccc2)cc1.Cl. The standard InChI is InChI=1S/C28H32N4O3.ClH/c1-35-25-11-9-24(10-12-25)27(33)30-26(23-7-3-2-4-8-23)28(34)32-20-18-31(19-21-32)17-5-6-22-13-15-29-16-14-22;/h2-4,7-16,26H,5-6,17-21H2,1H3,(H,30,33);1H/t26-;/m1./s1. The Morgan fingerprint density at radius 1 is 0.944 bits per heavy atom. The molecule has 1 atom stereocenters. The second-order valence-corrected chi connectivity index (χ2v) is 8.67. The van der Waals surface area contributed by atoms with Gasteiger partial charge >= 0.3 is 0 Å². The predicted octanol–water partition coefficient (Wildman–Crippen LogP) is 3.76. The number of hydrogen-bond donors (Lipinski definition) is 1. The highest BCUT2D eigenvalue weighted by atomic mass is 35.5. The van der Waals surface area contributed by atoms with Crippen molar-refractivity contribution in [1.82, 2.24) is 20.1 Å². The van der Waals surface area contributed by atoms with Gasteiger partial charge in [0.2, 0.25) is 5.91 Å². The van der Waals surface area contributed by atoms with Crippen molar-refractivity contribution in [1.29, 1.82) is 0 Å². The number of aromatic nitrogens is 1. The molecule has 8 heteroatoms. The van der Waals surface area contributed by atoms with Gasteiger partial charge in [0.25, 0.3) is 5.91 Å². The van der Waals surface area contributed by atoms with Crippen LogP contribution >= 0.6 is 12.4 Å². The van der Waals surface area contributed by atoms with Crippen LogP contribution < -0.4 is 10.1 Å². The Labute approximate surface area is 218 Å². The zero-order chi connectivity index (χ0) is 24.5. The molecule has 0 aliphatic carbocycles. The molecule has 1 aliphatic heterocycles. The summed E-state index contributed by atoms with van der Waals surface area (Å²) in [6, 6.07) is 19.7. The molecule has 3 aromatic rings. The fourth-order valence-electron chi connectivity index (χ4n) is 4.32. The summed E-state index contributed by atoms with van der Waals surface area (Å²) in [5, 5.41) is 2.96. The minimum atomic E-state index is -0.732. The number of ether oxygens (including phenoxy) is 1. The molecule has 4 rings (SSSR count). The molecule has 1 N–H and O–H groups in total. The maximum Gasteiger partial charge on any atom is 0.252 e. The number of pyridine rings is 1. The van der Waals surface area contributed by atoms with E-state index >= 15 is 0 Å². The Kier molecular flexibility index (Phi) is 10.3. The first-order valence-corrected chi connectivity index (χ1v) is 12.0. The van der Waals surface area contributed by atoms with Crippen LogP contribution in [0.25, 0.3) is 0 Å². The van der Waals surface area contributed by atoms with E-state index in [4.69, 9.17) is 4.74 Å². The van der Waals surface area contributed by atoms with Gasteiger partial charge in [-0.05, 0) is 66.9 Å². The lowest BCUT2D eigenvalue weighted by Crippen LogP contribution is -2.52. The van der Waals surface area contributed by atoms with Crippen molar-refractivity contribution in [2.24, 2.45) is 0 Å². The Morgan fingerprint density at radius 2 is 1.61 bits per heavy atom. The van der Waals surface area contributed by atoms with Crippen molar-refractivity contribution in [2.75, 3.05) is 39.8 Å². The molecule has 1 aliphatic rings. The molecular weight excluding hydrogens is 476 g/mol. The van der Waals surface area contributed by atoms with Crippen LogP contribution in [-0.2, 0) is 11.2 Å². The number of rotatable bonds is 9.